The SMILES string of the molecule is CCCNCc1cccc(SCCSC)c1. The Kier molecular flexibility index (Phi) is 7.81. The van der Waals surface area contributed by atoms with Crippen LogP contribution in [-0.4, -0.2) is 24.3 Å². The van der Waals surface area contributed by atoms with Crippen molar-refractivity contribution in [2.24, 2.45) is 0 Å². The molecule has 0 unspecified atom stereocenters. The number of benzene rings is 1. The number of thioether (sulfide) groups is 2. The summed E-state index contributed by atoms with van der Waals surface area (Å²) in [4.78, 5) is 1.39. The van der Waals surface area contributed by atoms with E-state index in [2.05, 4.69) is 42.8 Å². The fourth-order valence-corrected chi connectivity index (χ4v) is 3.04. The average Bonchev–Trinajstić information content (AvgIpc) is 2.30. The van der Waals surface area contributed by atoms with Crippen molar-refractivity contribution < 1.29 is 0 Å². The molecule has 16 heavy (non-hydrogen) atoms. The van der Waals surface area contributed by atoms with Crippen LogP contribution < -0.4 is 5.32 Å². The molecule has 0 amide bonds. The van der Waals surface area contributed by atoms with Crippen molar-refractivity contribution in [3.8, 4) is 0 Å². The lowest BCUT2D eigenvalue weighted by atomic mass is 10.2. The highest BCUT2D eigenvalue weighted by Gasteiger charge is 1.96. The highest BCUT2D eigenvalue weighted by molar-refractivity contribution is 8.02. The van der Waals surface area contributed by atoms with Gasteiger partial charge in [-0.2, -0.15) is 11.8 Å². The molecule has 1 aromatic rings. The van der Waals surface area contributed by atoms with Crippen molar-refractivity contribution >= 4 is 23.5 Å². The Hall–Kier alpha value is -0.120. The maximum absolute atomic E-state index is 3.43. The molecule has 0 fully saturated rings. The second-order valence-electron chi connectivity index (χ2n) is 3.67. The fraction of sp³-hybridized carbons (Fsp3) is 0.538. The van der Waals surface area contributed by atoms with Gasteiger partial charge in [0.2, 0.25) is 0 Å². The van der Waals surface area contributed by atoms with Gasteiger partial charge in [0.15, 0.2) is 0 Å². The van der Waals surface area contributed by atoms with E-state index in [9.17, 15) is 0 Å². The van der Waals surface area contributed by atoms with Crippen LogP contribution in [0.25, 0.3) is 0 Å². The van der Waals surface area contributed by atoms with Crippen molar-refractivity contribution in [1.29, 1.82) is 0 Å². The first kappa shape index (κ1) is 13.9. The van der Waals surface area contributed by atoms with Gasteiger partial charge in [0.1, 0.15) is 0 Å². The second kappa shape index (κ2) is 8.97. The number of hydrogen-bond acceptors (Lipinski definition) is 3. The lowest BCUT2D eigenvalue weighted by Crippen LogP contribution is -2.13. The van der Waals surface area contributed by atoms with Crippen LogP contribution in [0, 0.1) is 0 Å². The Balaban J connectivity index is 2.37. The molecular formula is C13H21NS2. The molecule has 0 atom stereocenters. The highest BCUT2D eigenvalue weighted by Crippen LogP contribution is 2.19. The van der Waals surface area contributed by atoms with E-state index in [0.717, 1.165) is 13.1 Å². The summed E-state index contributed by atoms with van der Waals surface area (Å²) in [7, 11) is 0. The molecule has 90 valence electrons. The molecular weight excluding hydrogens is 234 g/mol. The van der Waals surface area contributed by atoms with Gasteiger partial charge in [-0.1, -0.05) is 19.1 Å². The molecule has 1 aromatic carbocycles. The van der Waals surface area contributed by atoms with E-state index in [1.807, 2.05) is 23.5 Å². The van der Waals surface area contributed by atoms with Gasteiger partial charge < -0.3 is 5.32 Å². The zero-order valence-electron chi connectivity index (χ0n) is 10.2. The molecule has 0 aliphatic heterocycles. The van der Waals surface area contributed by atoms with Crippen LogP contribution in [0.15, 0.2) is 29.2 Å². The quantitative estimate of drug-likeness (QED) is 0.562. The molecule has 0 spiro atoms. The zero-order chi connectivity index (χ0) is 11.6. The van der Waals surface area contributed by atoms with Gasteiger partial charge in [0, 0.05) is 22.9 Å². The Morgan fingerprint density at radius 1 is 1.25 bits per heavy atom. The van der Waals surface area contributed by atoms with Crippen LogP contribution in [0.3, 0.4) is 0 Å². The monoisotopic (exact) mass is 255 g/mol. The summed E-state index contributed by atoms with van der Waals surface area (Å²) >= 11 is 3.86. The zero-order valence-corrected chi connectivity index (χ0v) is 11.8. The standard InChI is InChI=1S/C13H21NS2/c1-3-7-14-11-12-5-4-6-13(10-12)16-9-8-15-2/h4-6,10,14H,3,7-9,11H2,1-2H3. The van der Waals surface area contributed by atoms with Crippen LogP contribution in [-0.2, 0) is 6.54 Å². The van der Waals surface area contributed by atoms with Gasteiger partial charge in [-0.25, -0.2) is 0 Å². The van der Waals surface area contributed by atoms with Gasteiger partial charge in [-0.3, -0.25) is 0 Å². The minimum Gasteiger partial charge on any atom is -0.313 e. The maximum atomic E-state index is 3.43. The molecule has 0 saturated heterocycles. The molecule has 3 heteroatoms. The molecule has 1 nitrogen and oxygen atoms in total. The molecule has 0 bridgehead atoms. The summed E-state index contributed by atoms with van der Waals surface area (Å²) in [5.74, 6) is 2.43. The minimum atomic E-state index is 0.991. The lowest BCUT2D eigenvalue weighted by Gasteiger charge is -2.06. The lowest BCUT2D eigenvalue weighted by molar-refractivity contribution is 0.674. The van der Waals surface area contributed by atoms with Gasteiger partial charge in [-0.15, -0.1) is 11.8 Å². The maximum Gasteiger partial charge on any atom is 0.0205 e. The number of rotatable bonds is 8. The van der Waals surface area contributed by atoms with Gasteiger partial charge in [0.05, 0.1) is 0 Å². The summed E-state index contributed by atoms with van der Waals surface area (Å²) in [5.41, 5.74) is 1.39. The van der Waals surface area contributed by atoms with Gasteiger partial charge in [0.25, 0.3) is 0 Å². The summed E-state index contributed by atoms with van der Waals surface area (Å²) in [6.07, 6.45) is 3.35. The van der Waals surface area contributed by atoms with Crippen molar-refractivity contribution in [2.45, 2.75) is 24.8 Å². The normalized spacial score (nSPS) is 10.6. The topological polar surface area (TPSA) is 12.0 Å². The van der Waals surface area contributed by atoms with E-state index in [1.165, 1.54) is 28.4 Å². The van der Waals surface area contributed by atoms with Crippen molar-refractivity contribution in [2.75, 3.05) is 24.3 Å². The largest absolute Gasteiger partial charge is 0.313 e. The fourth-order valence-electron chi connectivity index (χ4n) is 1.40. The molecule has 0 radical (unpaired) electrons. The molecule has 1 N–H and O–H groups in total. The van der Waals surface area contributed by atoms with Gasteiger partial charge in [-0.05, 0) is 36.9 Å². The van der Waals surface area contributed by atoms with Gasteiger partial charge >= 0.3 is 0 Å². The minimum absolute atomic E-state index is 0.991. The Labute approximate surface area is 108 Å². The van der Waals surface area contributed by atoms with Crippen LogP contribution in [0.2, 0.25) is 0 Å². The third kappa shape index (κ3) is 5.83. The molecule has 0 saturated carbocycles. The predicted molar refractivity (Wildman–Crippen MR) is 77.5 cm³/mol. The predicted octanol–water partition coefficient (Wildman–Crippen LogP) is 3.64. The molecule has 1 rings (SSSR count). The van der Waals surface area contributed by atoms with E-state index in [0.29, 0.717) is 0 Å². The molecule has 0 heterocycles. The van der Waals surface area contributed by atoms with Crippen molar-refractivity contribution in [3.63, 3.8) is 0 Å². The summed E-state index contributed by atoms with van der Waals surface area (Å²) in [5, 5.41) is 3.43. The first-order valence-electron chi connectivity index (χ1n) is 5.78. The molecule has 0 aromatic heterocycles. The first-order chi connectivity index (χ1) is 7.86. The van der Waals surface area contributed by atoms with Crippen molar-refractivity contribution in [3.05, 3.63) is 29.8 Å². The molecule has 0 aliphatic rings. The third-order valence-corrected chi connectivity index (χ3v) is 4.08. The van der Waals surface area contributed by atoms with Crippen LogP contribution >= 0.6 is 23.5 Å². The Morgan fingerprint density at radius 2 is 2.12 bits per heavy atom. The first-order valence-corrected chi connectivity index (χ1v) is 8.16. The smallest absolute Gasteiger partial charge is 0.0205 e. The van der Waals surface area contributed by atoms with E-state index < -0.39 is 0 Å². The summed E-state index contributed by atoms with van der Waals surface area (Å²) in [6, 6.07) is 8.85. The van der Waals surface area contributed by atoms with Crippen LogP contribution in [0.4, 0.5) is 0 Å². The van der Waals surface area contributed by atoms with E-state index in [-0.39, 0.29) is 0 Å². The van der Waals surface area contributed by atoms with E-state index in [4.69, 9.17) is 0 Å². The number of nitrogens with one attached hydrogen (secondary N) is 1. The third-order valence-electron chi connectivity index (χ3n) is 2.21. The Morgan fingerprint density at radius 3 is 2.88 bits per heavy atom. The van der Waals surface area contributed by atoms with E-state index in [1.54, 1.807) is 0 Å². The summed E-state index contributed by atoms with van der Waals surface area (Å²) < 4.78 is 0. The van der Waals surface area contributed by atoms with Crippen LogP contribution in [0.5, 0.6) is 0 Å². The molecule has 0 aliphatic carbocycles. The second-order valence-corrected chi connectivity index (χ2v) is 5.82. The van der Waals surface area contributed by atoms with Crippen LogP contribution in [0.1, 0.15) is 18.9 Å². The van der Waals surface area contributed by atoms with E-state index >= 15 is 0 Å². The Bertz CT molecular complexity index is 264. The number of hydrogen-bond donors (Lipinski definition) is 1. The summed E-state index contributed by atoms with van der Waals surface area (Å²) in [6.45, 7) is 4.29. The average molecular weight is 255 g/mol. The highest BCUT2D eigenvalue weighted by atomic mass is 32.2. The van der Waals surface area contributed by atoms with Crippen molar-refractivity contribution in [1.82, 2.24) is 5.32 Å².